The molecular formula is C20H21NO6. The smallest absolute Gasteiger partial charge is 0.256 e. The van der Waals surface area contributed by atoms with Crippen LogP contribution in [0.25, 0.3) is 6.08 Å². The van der Waals surface area contributed by atoms with Crippen LogP contribution in [-0.4, -0.2) is 46.0 Å². The molecule has 1 saturated heterocycles. The molecule has 1 N–H and O–H groups in total. The van der Waals surface area contributed by atoms with Gasteiger partial charge in [-0.2, -0.15) is 0 Å². The number of phenolic OH excluding ortho intramolecular Hbond substituents is 1. The first-order chi connectivity index (χ1) is 13.0. The summed E-state index contributed by atoms with van der Waals surface area (Å²) in [5.41, 5.74) is 2.01. The number of ether oxygens (including phenoxy) is 4. The number of amides is 1. The van der Waals surface area contributed by atoms with E-state index in [0.717, 1.165) is 5.56 Å². The number of methoxy groups -OCH3 is 4. The topological polar surface area (TPSA) is 77.5 Å². The minimum Gasteiger partial charge on any atom is -0.504 e. The summed E-state index contributed by atoms with van der Waals surface area (Å²) in [4.78, 5) is 14.2. The van der Waals surface area contributed by atoms with Gasteiger partial charge in [-0.15, -0.1) is 0 Å². The van der Waals surface area contributed by atoms with Crippen molar-refractivity contribution < 1.29 is 28.8 Å². The van der Waals surface area contributed by atoms with Crippen LogP contribution in [0.1, 0.15) is 5.56 Å². The van der Waals surface area contributed by atoms with Crippen molar-refractivity contribution in [3.05, 3.63) is 41.5 Å². The van der Waals surface area contributed by atoms with Crippen molar-refractivity contribution in [2.45, 2.75) is 0 Å². The second-order valence-corrected chi connectivity index (χ2v) is 5.88. The van der Waals surface area contributed by atoms with E-state index in [4.69, 9.17) is 18.9 Å². The summed E-state index contributed by atoms with van der Waals surface area (Å²) < 4.78 is 21.0. The monoisotopic (exact) mass is 371 g/mol. The average molecular weight is 371 g/mol. The summed E-state index contributed by atoms with van der Waals surface area (Å²) in [7, 11) is 6.07. The fourth-order valence-electron chi connectivity index (χ4n) is 2.93. The van der Waals surface area contributed by atoms with Gasteiger partial charge in [-0.25, -0.2) is 0 Å². The van der Waals surface area contributed by atoms with Crippen molar-refractivity contribution in [2.24, 2.45) is 0 Å². The van der Waals surface area contributed by atoms with Gasteiger partial charge in [0.1, 0.15) is 0 Å². The summed E-state index contributed by atoms with van der Waals surface area (Å²) in [5.74, 6) is 1.73. The maximum atomic E-state index is 12.6. The maximum Gasteiger partial charge on any atom is 0.256 e. The van der Waals surface area contributed by atoms with Gasteiger partial charge in [-0.05, 0) is 23.8 Å². The molecule has 0 saturated carbocycles. The van der Waals surface area contributed by atoms with E-state index in [-0.39, 0.29) is 11.7 Å². The van der Waals surface area contributed by atoms with Crippen LogP contribution in [0.3, 0.4) is 0 Å². The van der Waals surface area contributed by atoms with Crippen LogP contribution in [0.5, 0.6) is 28.7 Å². The average Bonchev–Trinajstić information content (AvgIpc) is 2.69. The first kappa shape index (κ1) is 18.4. The number of nitrogens with zero attached hydrogens (tertiary/aromatic N) is 1. The highest BCUT2D eigenvalue weighted by Gasteiger charge is 2.33. The number of β-lactam (4-membered cyclic amide) rings is 1. The normalized spacial score (nSPS) is 14.7. The Morgan fingerprint density at radius 3 is 2.04 bits per heavy atom. The van der Waals surface area contributed by atoms with E-state index in [2.05, 4.69) is 0 Å². The molecule has 27 heavy (non-hydrogen) atoms. The Balaban J connectivity index is 1.84. The second-order valence-electron chi connectivity index (χ2n) is 5.88. The fourth-order valence-corrected chi connectivity index (χ4v) is 2.93. The first-order valence-electron chi connectivity index (χ1n) is 8.21. The Bertz CT molecular complexity index is 880. The lowest BCUT2D eigenvalue weighted by molar-refractivity contribution is -0.117. The quantitative estimate of drug-likeness (QED) is 0.622. The van der Waals surface area contributed by atoms with Gasteiger partial charge < -0.3 is 29.0 Å². The molecular weight excluding hydrogens is 350 g/mol. The molecule has 2 aromatic carbocycles. The molecule has 0 spiro atoms. The summed E-state index contributed by atoms with van der Waals surface area (Å²) in [6, 6.07) is 8.45. The number of phenols is 1. The number of benzene rings is 2. The number of rotatable bonds is 6. The molecule has 3 rings (SSSR count). The Hall–Kier alpha value is -3.35. The molecule has 0 radical (unpaired) electrons. The Morgan fingerprint density at radius 2 is 1.56 bits per heavy atom. The third-order valence-corrected chi connectivity index (χ3v) is 4.35. The van der Waals surface area contributed by atoms with E-state index in [1.165, 1.54) is 28.4 Å². The predicted molar refractivity (Wildman–Crippen MR) is 101 cm³/mol. The standard InChI is InChI=1S/C20H21NO6/c1-24-16-6-5-12(8-15(16)22)7-13-11-21(20(13)23)14-9-17(25-2)19(27-4)18(10-14)26-3/h5-10,22H,11H2,1-4H3/b13-7-. The van der Waals surface area contributed by atoms with E-state index in [1.807, 2.05) is 0 Å². The largest absolute Gasteiger partial charge is 0.504 e. The molecule has 1 amide bonds. The van der Waals surface area contributed by atoms with Crippen molar-refractivity contribution in [1.82, 2.24) is 0 Å². The molecule has 1 heterocycles. The highest BCUT2D eigenvalue weighted by molar-refractivity contribution is 6.16. The van der Waals surface area contributed by atoms with Crippen molar-refractivity contribution in [2.75, 3.05) is 39.9 Å². The van der Waals surface area contributed by atoms with Crippen LogP contribution >= 0.6 is 0 Å². The van der Waals surface area contributed by atoms with Crippen LogP contribution < -0.4 is 23.8 Å². The van der Waals surface area contributed by atoms with E-state index in [0.29, 0.717) is 40.8 Å². The molecule has 2 aromatic rings. The van der Waals surface area contributed by atoms with E-state index in [1.54, 1.807) is 41.3 Å². The lowest BCUT2D eigenvalue weighted by Crippen LogP contribution is -2.46. The molecule has 0 aromatic heterocycles. The van der Waals surface area contributed by atoms with Gasteiger partial charge in [-0.1, -0.05) is 6.07 Å². The third-order valence-electron chi connectivity index (χ3n) is 4.35. The van der Waals surface area contributed by atoms with Crippen LogP contribution in [0, 0.1) is 0 Å². The van der Waals surface area contributed by atoms with Crippen molar-refractivity contribution in [3.8, 4) is 28.7 Å². The zero-order valence-corrected chi connectivity index (χ0v) is 15.6. The van der Waals surface area contributed by atoms with Gasteiger partial charge in [0.05, 0.1) is 40.7 Å². The highest BCUT2D eigenvalue weighted by atomic mass is 16.5. The summed E-state index contributed by atoms with van der Waals surface area (Å²) in [5, 5.41) is 9.87. The maximum absolute atomic E-state index is 12.6. The number of carbonyl (C=O) groups is 1. The van der Waals surface area contributed by atoms with Crippen LogP contribution in [0.4, 0.5) is 5.69 Å². The number of aromatic hydroxyl groups is 1. The summed E-state index contributed by atoms with van der Waals surface area (Å²) >= 11 is 0. The summed E-state index contributed by atoms with van der Waals surface area (Å²) in [6.45, 7) is 0.435. The molecule has 0 aliphatic carbocycles. The van der Waals surface area contributed by atoms with Gasteiger partial charge in [-0.3, -0.25) is 4.79 Å². The summed E-state index contributed by atoms with van der Waals surface area (Å²) in [6.07, 6.45) is 1.75. The van der Waals surface area contributed by atoms with Crippen LogP contribution in [0.15, 0.2) is 35.9 Å². The SMILES string of the molecule is COc1ccc(/C=C2/CN(c3cc(OC)c(OC)c(OC)c3)C2=O)cc1O. The van der Waals surface area contributed by atoms with Crippen molar-refractivity contribution in [3.63, 3.8) is 0 Å². The zero-order valence-electron chi connectivity index (χ0n) is 15.6. The van der Waals surface area contributed by atoms with E-state index >= 15 is 0 Å². The van der Waals surface area contributed by atoms with Crippen molar-refractivity contribution in [1.29, 1.82) is 0 Å². The Kier molecular flexibility index (Phi) is 5.12. The Morgan fingerprint density at radius 1 is 0.926 bits per heavy atom. The predicted octanol–water partition coefficient (Wildman–Crippen LogP) is 2.86. The van der Waals surface area contributed by atoms with Gasteiger partial charge in [0.2, 0.25) is 5.75 Å². The third kappa shape index (κ3) is 3.36. The van der Waals surface area contributed by atoms with Gasteiger partial charge in [0, 0.05) is 17.7 Å². The molecule has 0 bridgehead atoms. The molecule has 1 aliphatic rings. The van der Waals surface area contributed by atoms with E-state index in [9.17, 15) is 9.90 Å². The number of carbonyl (C=O) groups excluding carboxylic acids is 1. The highest BCUT2D eigenvalue weighted by Crippen LogP contribution is 2.42. The molecule has 0 unspecified atom stereocenters. The second kappa shape index (κ2) is 7.49. The number of hydrogen-bond acceptors (Lipinski definition) is 6. The molecule has 1 fully saturated rings. The van der Waals surface area contributed by atoms with Gasteiger partial charge >= 0.3 is 0 Å². The molecule has 7 heteroatoms. The molecule has 1 aliphatic heterocycles. The fraction of sp³-hybridized carbons (Fsp3) is 0.250. The number of anilines is 1. The van der Waals surface area contributed by atoms with Gasteiger partial charge in [0.15, 0.2) is 23.0 Å². The van der Waals surface area contributed by atoms with Crippen molar-refractivity contribution >= 4 is 17.7 Å². The van der Waals surface area contributed by atoms with Crippen LogP contribution in [-0.2, 0) is 4.79 Å². The lowest BCUT2D eigenvalue weighted by Gasteiger charge is -2.34. The molecule has 0 atom stereocenters. The molecule has 7 nitrogen and oxygen atoms in total. The minimum absolute atomic E-state index is 0.0279. The Labute approximate surface area is 157 Å². The number of hydrogen-bond donors (Lipinski definition) is 1. The minimum atomic E-state index is -0.125. The zero-order chi connectivity index (χ0) is 19.6. The van der Waals surface area contributed by atoms with Gasteiger partial charge in [0.25, 0.3) is 5.91 Å². The van der Waals surface area contributed by atoms with E-state index < -0.39 is 0 Å². The van der Waals surface area contributed by atoms with Crippen LogP contribution in [0.2, 0.25) is 0 Å². The first-order valence-corrected chi connectivity index (χ1v) is 8.21. The molecule has 142 valence electrons. The lowest BCUT2D eigenvalue weighted by atomic mass is 10.0.